The smallest absolute Gasteiger partial charge is 0.248 e. The third-order valence-corrected chi connectivity index (χ3v) is 4.57. The summed E-state index contributed by atoms with van der Waals surface area (Å²) < 4.78 is 0. The molecule has 2 amide bonds. The number of nitrogens with zero attached hydrogens (tertiary/aromatic N) is 1. The van der Waals surface area contributed by atoms with Crippen molar-refractivity contribution in [3.63, 3.8) is 0 Å². The summed E-state index contributed by atoms with van der Waals surface area (Å²) in [5.41, 5.74) is -0.489. The van der Waals surface area contributed by atoms with E-state index < -0.39 is 5.54 Å². The van der Waals surface area contributed by atoms with Gasteiger partial charge in [-0.3, -0.25) is 9.59 Å². The highest BCUT2D eigenvalue weighted by molar-refractivity contribution is 5.99. The lowest BCUT2D eigenvalue weighted by atomic mass is 9.90. The van der Waals surface area contributed by atoms with Crippen LogP contribution in [0.5, 0.6) is 0 Å². The van der Waals surface area contributed by atoms with Crippen LogP contribution in [0.25, 0.3) is 0 Å². The summed E-state index contributed by atoms with van der Waals surface area (Å²) in [6, 6.07) is -0.0720. The van der Waals surface area contributed by atoms with Crippen molar-refractivity contribution in [2.45, 2.75) is 77.9 Å². The van der Waals surface area contributed by atoms with Crippen LogP contribution in [0.15, 0.2) is 0 Å². The molecular formula is C15H26N2O2. The molecule has 0 aromatic rings. The SMILES string of the molecule is CCC1C(=O)NC(C)(C)C(=O)N1C1CCC(C)(C)C1. The zero-order valence-corrected chi connectivity index (χ0v) is 12.7. The lowest BCUT2D eigenvalue weighted by Crippen LogP contribution is -2.69. The Labute approximate surface area is 115 Å². The van der Waals surface area contributed by atoms with Crippen molar-refractivity contribution in [2.24, 2.45) is 5.41 Å². The van der Waals surface area contributed by atoms with Crippen molar-refractivity contribution in [2.75, 3.05) is 0 Å². The molecule has 0 spiro atoms. The summed E-state index contributed by atoms with van der Waals surface area (Å²) in [7, 11) is 0. The number of piperazine rings is 1. The van der Waals surface area contributed by atoms with Gasteiger partial charge >= 0.3 is 0 Å². The predicted molar refractivity (Wildman–Crippen MR) is 74.6 cm³/mol. The van der Waals surface area contributed by atoms with Gasteiger partial charge in [0.25, 0.3) is 0 Å². The van der Waals surface area contributed by atoms with Crippen LogP contribution in [0, 0.1) is 5.41 Å². The van der Waals surface area contributed by atoms with Crippen LogP contribution in [0.3, 0.4) is 0 Å². The van der Waals surface area contributed by atoms with E-state index in [1.165, 1.54) is 0 Å². The molecule has 4 heteroatoms. The summed E-state index contributed by atoms with van der Waals surface area (Å²) >= 11 is 0. The second kappa shape index (κ2) is 4.50. The van der Waals surface area contributed by atoms with E-state index in [-0.39, 0.29) is 29.3 Å². The van der Waals surface area contributed by atoms with Crippen LogP contribution in [0.1, 0.15) is 60.3 Å². The Morgan fingerprint density at radius 1 is 1.26 bits per heavy atom. The van der Waals surface area contributed by atoms with Gasteiger partial charge in [0.15, 0.2) is 0 Å². The summed E-state index contributed by atoms with van der Waals surface area (Å²) in [4.78, 5) is 26.8. The zero-order valence-electron chi connectivity index (χ0n) is 12.7. The van der Waals surface area contributed by atoms with Crippen LogP contribution in [-0.2, 0) is 9.59 Å². The molecule has 0 radical (unpaired) electrons. The van der Waals surface area contributed by atoms with Gasteiger partial charge in [-0.1, -0.05) is 20.8 Å². The van der Waals surface area contributed by atoms with Crippen LogP contribution in [0.4, 0.5) is 0 Å². The highest BCUT2D eigenvalue weighted by atomic mass is 16.2. The summed E-state index contributed by atoms with van der Waals surface area (Å²) in [5.74, 6) is 0.0680. The van der Waals surface area contributed by atoms with Crippen LogP contribution in [0.2, 0.25) is 0 Å². The number of nitrogens with one attached hydrogen (secondary N) is 1. The largest absolute Gasteiger partial charge is 0.340 e. The molecule has 1 aliphatic carbocycles. The number of rotatable bonds is 2. The molecule has 2 fully saturated rings. The molecule has 1 heterocycles. The Kier molecular flexibility index (Phi) is 3.40. The number of amides is 2. The zero-order chi connectivity index (χ0) is 14.4. The summed E-state index contributed by atoms with van der Waals surface area (Å²) in [5, 5.41) is 2.85. The molecular weight excluding hydrogens is 240 g/mol. The second-order valence-corrected chi connectivity index (χ2v) is 7.31. The highest BCUT2D eigenvalue weighted by Gasteiger charge is 2.49. The Balaban J connectivity index is 2.28. The third kappa shape index (κ3) is 2.49. The fourth-order valence-corrected chi connectivity index (χ4v) is 3.47. The maximum atomic E-state index is 12.7. The van der Waals surface area contributed by atoms with E-state index in [9.17, 15) is 9.59 Å². The minimum absolute atomic E-state index is 0.00296. The van der Waals surface area contributed by atoms with Gasteiger partial charge in [-0.05, 0) is 44.9 Å². The normalized spacial score (nSPS) is 33.4. The quantitative estimate of drug-likeness (QED) is 0.832. The van der Waals surface area contributed by atoms with Crippen molar-refractivity contribution in [3.05, 3.63) is 0 Å². The van der Waals surface area contributed by atoms with Crippen molar-refractivity contribution in [1.29, 1.82) is 0 Å². The molecule has 2 atom stereocenters. The maximum absolute atomic E-state index is 12.7. The van der Waals surface area contributed by atoms with Crippen molar-refractivity contribution in [3.8, 4) is 0 Å². The Morgan fingerprint density at radius 2 is 1.89 bits per heavy atom. The van der Waals surface area contributed by atoms with Crippen molar-refractivity contribution in [1.82, 2.24) is 10.2 Å². The van der Waals surface area contributed by atoms with E-state index in [1.54, 1.807) is 13.8 Å². The maximum Gasteiger partial charge on any atom is 0.248 e. The average molecular weight is 266 g/mol. The molecule has 108 valence electrons. The second-order valence-electron chi connectivity index (χ2n) is 7.31. The monoisotopic (exact) mass is 266 g/mol. The Bertz CT molecular complexity index is 401. The molecule has 0 bridgehead atoms. The molecule has 0 aromatic heterocycles. The number of hydrogen-bond acceptors (Lipinski definition) is 2. The molecule has 1 N–H and O–H groups in total. The molecule has 0 aromatic carbocycles. The molecule has 1 aliphatic heterocycles. The number of hydrogen-bond donors (Lipinski definition) is 1. The number of carbonyl (C=O) groups excluding carboxylic acids is 2. The van der Waals surface area contributed by atoms with E-state index in [0.29, 0.717) is 6.42 Å². The van der Waals surface area contributed by atoms with Gasteiger partial charge < -0.3 is 10.2 Å². The third-order valence-electron chi connectivity index (χ3n) is 4.57. The van der Waals surface area contributed by atoms with Gasteiger partial charge in [0.05, 0.1) is 0 Å². The molecule has 1 saturated heterocycles. The molecule has 2 unspecified atom stereocenters. The van der Waals surface area contributed by atoms with Gasteiger partial charge in [-0.15, -0.1) is 0 Å². The first-order valence-electron chi connectivity index (χ1n) is 7.33. The van der Waals surface area contributed by atoms with E-state index in [4.69, 9.17) is 0 Å². The lowest BCUT2D eigenvalue weighted by molar-refractivity contribution is -0.156. The first-order valence-corrected chi connectivity index (χ1v) is 7.33. The first kappa shape index (κ1) is 14.4. The topological polar surface area (TPSA) is 49.4 Å². The van der Waals surface area contributed by atoms with Crippen LogP contribution < -0.4 is 5.32 Å². The van der Waals surface area contributed by atoms with E-state index >= 15 is 0 Å². The van der Waals surface area contributed by atoms with Crippen LogP contribution in [-0.4, -0.2) is 34.3 Å². The van der Waals surface area contributed by atoms with Gasteiger partial charge in [-0.25, -0.2) is 0 Å². The fraction of sp³-hybridized carbons (Fsp3) is 0.867. The molecule has 19 heavy (non-hydrogen) atoms. The van der Waals surface area contributed by atoms with Gasteiger partial charge in [-0.2, -0.15) is 0 Å². The predicted octanol–water partition coefficient (Wildman–Crippen LogP) is 2.08. The lowest BCUT2D eigenvalue weighted by Gasteiger charge is -2.45. The summed E-state index contributed by atoms with van der Waals surface area (Å²) in [6.45, 7) is 10.1. The molecule has 2 aliphatic rings. The molecule has 4 nitrogen and oxygen atoms in total. The van der Waals surface area contributed by atoms with Gasteiger partial charge in [0, 0.05) is 6.04 Å². The minimum Gasteiger partial charge on any atom is -0.340 e. The Hall–Kier alpha value is -1.06. The van der Waals surface area contributed by atoms with Gasteiger partial charge in [0.1, 0.15) is 11.6 Å². The molecule has 2 rings (SSSR count). The standard InChI is InChI=1S/C15H26N2O2/c1-6-11-12(18)16-15(4,5)13(19)17(11)10-7-8-14(2,3)9-10/h10-11H,6-9H2,1-5H3,(H,16,18). The van der Waals surface area contributed by atoms with E-state index in [2.05, 4.69) is 19.2 Å². The fourth-order valence-electron chi connectivity index (χ4n) is 3.47. The highest BCUT2D eigenvalue weighted by Crippen LogP contribution is 2.41. The van der Waals surface area contributed by atoms with Crippen molar-refractivity contribution < 1.29 is 9.59 Å². The Morgan fingerprint density at radius 3 is 2.37 bits per heavy atom. The van der Waals surface area contributed by atoms with E-state index in [1.807, 2.05) is 11.8 Å². The van der Waals surface area contributed by atoms with Gasteiger partial charge in [0.2, 0.25) is 11.8 Å². The van der Waals surface area contributed by atoms with Crippen molar-refractivity contribution >= 4 is 11.8 Å². The number of carbonyl (C=O) groups is 2. The average Bonchev–Trinajstić information content (AvgIpc) is 2.62. The minimum atomic E-state index is -0.768. The first-order chi connectivity index (χ1) is 8.68. The summed E-state index contributed by atoms with van der Waals surface area (Å²) in [6.07, 6.45) is 3.82. The van der Waals surface area contributed by atoms with Crippen LogP contribution >= 0.6 is 0 Å². The van der Waals surface area contributed by atoms with E-state index in [0.717, 1.165) is 19.3 Å². The molecule has 1 saturated carbocycles.